The van der Waals surface area contributed by atoms with Crippen LogP contribution in [0.2, 0.25) is 0 Å². The lowest BCUT2D eigenvalue weighted by Gasteiger charge is -2.25. The van der Waals surface area contributed by atoms with Crippen molar-refractivity contribution in [1.82, 2.24) is 19.9 Å². The highest BCUT2D eigenvalue weighted by atomic mass is 19.4. The van der Waals surface area contributed by atoms with Gasteiger partial charge in [-0.3, -0.25) is 9.78 Å². The van der Waals surface area contributed by atoms with E-state index in [4.69, 9.17) is 0 Å². The molecular weight excluding hydrogens is 359 g/mol. The van der Waals surface area contributed by atoms with E-state index in [1.54, 1.807) is 4.90 Å². The Bertz CT molecular complexity index is 877. The molecule has 0 aromatic carbocycles. The predicted octanol–water partition coefficient (Wildman–Crippen LogP) is 3.44. The van der Waals surface area contributed by atoms with Crippen molar-refractivity contribution in [2.45, 2.75) is 12.6 Å². The fourth-order valence-electron chi connectivity index (χ4n) is 2.65. The Morgan fingerprint density at radius 3 is 2.59 bits per heavy atom. The number of carbonyl (C=O) groups is 1. The Balaban J connectivity index is 1.80. The average Bonchev–Trinajstić information content (AvgIpc) is 2.68. The first-order valence-corrected chi connectivity index (χ1v) is 8.10. The molecule has 1 aliphatic heterocycles. The van der Waals surface area contributed by atoms with E-state index in [1.165, 1.54) is 24.5 Å². The molecule has 0 unspecified atom stereocenters. The molecule has 0 saturated heterocycles. The van der Waals surface area contributed by atoms with Crippen LogP contribution in [0.3, 0.4) is 0 Å². The molecule has 3 rings (SSSR count). The van der Waals surface area contributed by atoms with Gasteiger partial charge in [-0.15, -0.1) is 0 Å². The quantitative estimate of drug-likeness (QED) is 0.829. The molecule has 6 nitrogen and oxygen atoms in total. The number of carbonyl (C=O) groups excluding carboxylic acids is 1. The molecule has 2 aromatic heterocycles. The lowest BCUT2D eigenvalue weighted by atomic mass is 10.0. The summed E-state index contributed by atoms with van der Waals surface area (Å²) in [4.78, 5) is 25.3. The lowest BCUT2D eigenvalue weighted by molar-refractivity contribution is -0.141. The second kappa shape index (κ2) is 7.56. The van der Waals surface area contributed by atoms with Crippen LogP contribution in [0.4, 0.5) is 24.7 Å². The Labute approximate surface area is 153 Å². The van der Waals surface area contributed by atoms with Gasteiger partial charge in [-0.05, 0) is 30.2 Å². The van der Waals surface area contributed by atoms with E-state index >= 15 is 0 Å². The fourth-order valence-corrected chi connectivity index (χ4v) is 2.65. The fraction of sp³-hybridized carbons (Fsp3) is 0.222. The summed E-state index contributed by atoms with van der Waals surface area (Å²) in [5.41, 5.74) is 0.890. The summed E-state index contributed by atoms with van der Waals surface area (Å²) in [7, 11) is 0. The Kier molecular flexibility index (Phi) is 5.20. The smallest absolute Gasteiger partial charge is 0.337 e. The van der Waals surface area contributed by atoms with Crippen molar-refractivity contribution >= 4 is 23.0 Å². The largest absolute Gasteiger partial charge is 0.433 e. The summed E-state index contributed by atoms with van der Waals surface area (Å²) in [6.45, 7) is 4.43. The predicted molar refractivity (Wildman–Crippen MR) is 93.9 cm³/mol. The number of anilines is 2. The van der Waals surface area contributed by atoms with Gasteiger partial charge in [-0.1, -0.05) is 12.7 Å². The number of nitrogens with zero attached hydrogens (tertiary/aromatic N) is 4. The molecule has 9 heteroatoms. The number of rotatable bonds is 4. The van der Waals surface area contributed by atoms with E-state index in [0.29, 0.717) is 36.7 Å². The van der Waals surface area contributed by atoms with Crippen molar-refractivity contribution in [3.8, 4) is 0 Å². The monoisotopic (exact) mass is 375 g/mol. The normalized spacial score (nSPS) is 14.5. The molecule has 0 aliphatic carbocycles. The third kappa shape index (κ3) is 4.30. The molecule has 1 aliphatic rings. The van der Waals surface area contributed by atoms with Crippen LogP contribution in [-0.4, -0.2) is 38.8 Å². The van der Waals surface area contributed by atoms with Gasteiger partial charge in [0.1, 0.15) is 11.4 Å². The molecule has 0 spiro atoms. The Morgan fingerprint density at radius 2 is 2.00 bits per heavy atom. The standard InChI is InChI=1S/C18H16F3N5O/c1-2-15(27)26-9-5-12(6-10-26)16-17(23-8-7-22-16)25-13-3-4-14(24-11-13)18(19,20)21/h2-5,7-8,11H,1,6,9-10H2,(H,23,25). The van der Waals surface area contributed by atoms with Crippen LogP contribution in [0.15, 0.2) is 49.5 Å². The number of amides is 1. The van der Waals surface area contributed by atoms with Crippen molar-refractivity contribution < 1.29 is 18.0 Å². The van der Waals surface area contributed by atoms with Crippen LogP contribution in [0.25, 0.3) is 5.57 Å². The SMILES string of the molecule is C=CC(=O)N1CC=C(c2nccnc2Nc2ccc(C(F)(F)F)nc2)CC1. The van der Waals surface area contributed by atoms with E-state index in [0.717, 1.165) is 17.8 Å². The summed E-state index contributed by atoms with van der Waals surface area (Å²) >= 11 is 0. The van der Waals surface area contributed by atoms with Crippen LogP contribution >= 0.6 is 0 Å². The number of pyridine rings is 1. The van der Waals surface area contributed by atoms with Crippen LogP contribution in [0, 0.1) is 0 Å². The minimum absolute atomic E-state index is 0.140. The van der Waals surface area contributed by atoms with Crippen molar-refractivity contribution in [2.75, 3.05) is 18.4 Å². The van der Waals surface area contributed by atoms with Crippen LogP contribution in [0.5, 0.6) is 0 Å². The maximum Gasteiger partial charge on any atom is 0.433 e. The number of nitrogens with one attached hydrogen (secondary N) is 1. The zero-order chi connectivity index (χ0) is 19.4. The maximum atomic E-state index is 12.6. The third-order valence-electron chi connectivity index (χ3n) is 4.01. The highest BCUT2D eigenvalue weighted by molar-refractivity contribution is 5.88. The summed E-state index contributed by atoms with van der Waals surface area (Å²) in [5.74, 6) is 0.271. The van der Waals surface area contributed by atoms with Gasteiger partial charge in [0, 0.05) is 25.5 Å². The Morgan fingerprint density at radius 1 is 1.22 bits per heavy atom. The number of hydrogen-bond donors (Lipinski definition) is 1. The summed E-state index contributed by atoms with van der Waals surface area (Å²) in [5, 5.41) is 2.95. The highest BCUT2D eigenvalue weighted by Crippen LogP contribution is 2.30. The molecule has 1 N–H and O–H groups in total. The van der Waals surface area contributed by atoms with E-state index < -0.39 is 11.9 Å². The molecule has 0 atom stereocenters. The molecule has 27 heavy (non-hydrogen) atoms. The zero-order valence-electron chi connectivity index (χ0n) is 14.2. The van der Waals surface area contributed by atoms with E-state index in [2.05, 4.69) is 26.8 Å². The minimum atomic E-state index is -4.49. The maximum absolute atomic E-state index is 12.6. The van der Waals surface area contributed by atoms with Gasteiger partial charge in [0.25, 0.3) is 0 Å². The number of alkyl halides is 3. The van der Waals surface area contributed by atoms with Crippen molar-refractivity contribution in [3.05, 3.63) is 60.8 Å². The lowest BCUT2D eigenvalue weighted by Crippen LogP contribution is -2.33. The number of hydrogen-bond acceptors (Lipinski definition) is 5. The van der Waals surface area contributed by atoms with Gasteiger partial charge in [-0.25, -0.2) is 9.97 Å². The van der Waals surface area contributed by atoms with Gasteiger partial charge < -0.3 is 10.2 Å². The molecule has 0 fully saturated rings. The van der Waals surface area contributed by atoms with Gasteiger partial charge in [0.05, 0.1) is 11.9 Å². The van der Waals surface area contributed by atoms with E-state index in [1.807, 2.05) is 6.08 Å². The molecule has 1 amide bonds. The van der Waals surface area contributed by atoms with E-state index in [9.17, 15) is 18.0 Å². The summed E-state index contributed by atoms with van der Waals surface area (Å²) < 4.78 is 37.9. The van der Waals surface area contributed by atoms with Gasteiger partial charge >= 0.3 is 6.18 Å². The molecule has 0 radical (unpaired) electrons. The zero-order valence-corrected chi connectivity index (χ0v) is 14.2. The van der Waals surface area contributed by atoms with Crippen LogP contribution in [-0.2, 0) is 11.0 Å². The first-order chi connectivity index (χ1) is 12.9. The molecular formula is C18H16F3N5O. The van der Waals surface area contributed by atoms with Gasteiger partial charge in [-0.2, -0.15) is 13.2 Å². The average molecular weight is 375 g/mol. The minimum Gasteiger partial charge on any atom is -0.337 e. The first-order valence-electron chi connectivity index (χ1n) is 8.10. The highest BCUT2D eigenvalue weighted by Gasteiger charge is 2.32. The first kappa shape index (κ1) is 18.6. The van der Waals surface area contributed by atoms with Crippen molar-refractivity contribution in [3.63, 3.8) is 0 Å². The second-order valence-electron chi connectivity index (χ2n) is 5.78. The third-order valence-corrected chi connectivity index (χ3v) is 4.01. The van der Waals surface area contributed by atoms with E-state index in [-0.39, 0.29) is 5.91 Å². The summed E-state index contributed by atoms with van der Waals surface area (Å²) in [6.07, 6.45) is 3.36. The second-order valence-corrected chi connectivity index (χ2v) is 5.78. The Hall–Kier alpha value is -3.23. The van der Waals surface area contributed by atoms with Crippen molar-refractivity contribution in [2.24, 2.45) is 0 Å². The summed E-state index contributed by atoms with van der Waals surface area (Å²) in [6, 6.07) is 2.19. The molecule has 0 saturated carbocycles. The van der Waals surface area contributed by atoms with Crippen molar-refractivity contribution in [1.29, 1.82) is 0 Å². The molecule has 3 heterocycles. The molecule has 2 aromatic rings. The van der Waals surface area contributed by atoms with Crippen LogP contribution < -0.4 is 5.32 Å². The number of halogens is 3. The van der Waals surface area contributed by atoms with Gasteiger partial charge in [0.2, 0.25) is 5.91 Å². The van der Waals surface area contributed by atoms with Gasteiger partial charge in [0.15, 0.2) is 5.82 Å². The van der Waals surface area contributed by atoms with Crippen LogP contribution in [0.1, 0.15) is 17.8 Å². The molecule has 140 valence electrons. The topological polar surface area (TPSA) is 71.0 Å². The molecule has 0 bridgehead atoms. The number of aromatic nitrogens is 3.